The summed E-state index contributed by atoms with van der Waals surface area (Å²) in [6, 6.07) is 5.23. The Hall–Kier alpha value is -1.84. The quantitative estimate of drug-likeness (QED) is 0.699. The van der Waals surface area contributed by atoms with E-state index in [2.05, 4.69) is 0 Å². The highest BCUT2D eigenvalue weighted by Gasteiger charge is 2.10. The molecule has 0 amide bonds. The van der Waals surface area contributed by atoms with Crippen molar-refractivity contribution in [1.82, 2.24) is 0 Å². The second-order valence-corrected chi connectivity index (χ2v) is 4.17. The maximum absolute atomic E-state index is 12.6. The van der Waals surface area contributed by atoms with Crippen LogP contribution in [0.15, 0.2) is 24.3 Å². The van der Waals surface area contributed by atoms with Gasteiger partial charge in [0.05, 0.1) is 0 Å². The molecule has 0 fully saturated rings. The third kappa shape index (κ3) is 4.99. The van der Waals surface area contributed by atoms with E-state index in [9.17, 15) is 18.8 Å². The van der Waals surface area contributed by atoms with Crippen molar-refractivity contribution in [2.75, 3.05) is 0 Å². The molecule has 0 atom stereocenters. The molecule has 4 heteroatoms. The van der Waals surface area contributed by atoms with Crippen LogP contribution in [0.5, 0.6) is 0 Å². The number of halogens is 1. The number of hydrogen-bond donors (Lipinski definition) is 0. The van der Waals surface area contributed by atoms with E-state index in [0.717, 1.165) is 0 Å². The van der Waals surface area contributed by atoms with Crippen LogP contribution in [0.2, 0.25) is 0 Å². The van der Waals surface area contributed by atoms with Crippen LogP contribution < -0.4 is 0 Å². The fourth-order valence-corrected chi connectivity index (χ4v) is 1.47. The van der Waals surface area contributed by atoms with Crippen molar-refractivity contribution in [3.63, 3.8) is 0 Å². The van der Waals surface area contributed by atoms with Crippen molar-refractivity contribution in [3.05, 3.63) is 35.6 Å². The van der Waals surface area contributed by atoms with E-state index in [1.807, 2.05) is 0 Å². The molecule has 0 heterocycles. The van der Waals surface area contributed by atoms with Gasteiger partial charge in [-0.25, -0.2) is 4.39 Å². The van der Waals surface area contributed by atoms with Crippen LogP contribution in [0, 0.1) is 5.82 Å². The van der Waals surface area contributed by atoms with Crippen molar-refractivity contribution in [1.29, 1.82) is 0 Å². The first-order chi connectivity index (χ1) is 8.49. The van der Waals surface area contributed by atoms with E-state index in [1.54, 1.807) is 0 Å². The van der Waals surface area contributed by atoms with Crippen molar-refractivity contribution in [2.24, 2.45) is 0 Å². The predicted octanol–water partition coefficient (Wildman–Crippen LogP) is 2.73. The topological polar surface area (TPSA) is 51.2 Å². The average Bonchev–Trinajstić information content (AvgIpc) is 2.34. The molecule has 18 heavy (non-hydrogen) atoms. The van der Waals surface area contributed by atoms with Crippen LogP contribution in [-0.2, 0) is 9.59 Å². The van der Waals surface area contributed by atoms with Crippen LogP contribution in [0.1, 0.15) is 43.0 Å². The molecule has 0 saturated carbocycles. The number of hydrogen-bond acceptors (Lipinski definition) is 3. The lowest BCUT2D eigenvalue weighted by Gasteiger charge is -2.01. The summed E-state index contributed by atoms with van der Waals surface area (Å²) in [5.41, 5.74) is 0.399. The molecule has 0 saturated heterocycles. The molecule has 0 aliphatic heterocycles. The van der Waals surface area contributed by atoms with Gasteiger partial charge < -0.3 is 4.79 Å². The number of benzene rings is 1. The molecular weight excluding hydrogens is 235 g/mol. The maximum Gasteiger partial charge on any atom is 0.163 e. The summed E-state index contributed by atoms with van der Waals surface area (Å²) in [6.07, 6.45) is 0.640. The fourth-order valence-electron chi connectivity index (χ4n) is 1.47. The molecule has 0 bridgehead atoms. The van der Waals surface area contributed by atoms with Gasteiger partial charge in [0.15, 0.2) is 5.78 Å². The lowest BCUT2D eigenvalue weighted by Crippen LogP contribution is -2.06. The van der Waals surface area contributed by atoms with Crippen molar-refractivity contribution >= 4 is 17.3 Å². The van der Waals surface area contributed by atoms with Crippen molar-refractivity contribution in [2.45, 2.75) is 32.6 Å². The lowest BCUT2D eigenvalue weighted by atomic mass is 10.0. The van der Waals surface area contributed by atoms with Gasteiger partial charge in [-0.1, -0.05) is 0 Å². The molecule has 0 aliphatic rings. The van der Waals surface area contributed by atoms with Gasteiger partial charge >= 0.3 is 0 Å². The smallest absolute Gasteiger partial charge is 0.163 e. The number of carbonyl (C=O) groups excluding carboxylic acids is 3. The minimum absolute atomic E-state index is 0.0341. The first-order valence-electron chi connectivity index (χ1n) is 5.79. The Labute approximate surface area is 105 Å². The third-order valence-electron chi connectivity index (χ3n) is 2.55. The Kier molecular flexibility index (Phi) is 5.36. The molecule has 0 aromatic heterocycles. The third-order valence-corrected chi connectivity index (χ3v) is 2.55. The van der Waals surface area contributed by atoms with Crippen molar-refractivity contribution < 1.29 is 18.8 Å². The molecule has 0 spiro atoms. The summed E-state index contributed by atoms with van der Waals surface area (Å²) < 4.78 is 12.6. The first-order valence-corrected chi connectivity index (χ1v) is 5.79. The zero-order valence-electron chi connectivity index (χ0n) is 10.2. The number of rotatable bonds is 7. The second kappa shape index (κ2) is 6.79. The minimum Gasteiger partial charge on any atom is -0.300 e. The zero-order chi connectivity index (χ0) is 13.5. The zero-order valence-corrected chi connectivity index (χ0v) is 10.2. The van der Waals surface area contributed by atoms with E-state index >= 15 is 0 Å². The van der Waals surface area contributed by atoms with Gasteiger partial charge in [-0.15, -0.1) is 0 Å². The Morgan fingerprint density at radius 1 is 0.944 bits per heavy atom. The van der Waals surface area contributed by atoms with Crippen LogP contribution in [-0.4, -0.2) is 17.3 Å². The second-order valence-electron chi connectivity index (χ2n) is 4.17. The van der Waals surface area contributed by atoms with E-state index < -0.39 is 5.82 Å². The summed E-state index contributed by atoms with van der Waals surface area (Å²) >= 11 is 0. The molecule has 1 aromatic rings. The Balaban J connectivity index is 2.39. The Bertz CT molecular complexity index is 449. The summed E-state index contributed by atoms with van der Waals surface area (Å²) in [5.74, 6) is -0.718. The Morgan fingerprint density at radius 3 is 2.06 bits per heavy atom. The van der Waals surface area contributed by atoms with E-state index in [0.29, 0.717) is 5.56 Å². The summed E-state index contributed by atoms with van der Waals surface area (Å²) in [7, 11) is 0. The van der Waals surface area contributed by atoms with Crippen LogP contribution in [0.25, 0.3) is 0 Å². The SMILES string of the molecule is CC(=O)CCC(=O)CCC(=O)c1ccc(F)cc1. The van der Waals surface area contributed by atoms with Crippen LogP contribution >= 0.6 is 0 Å². The van der Waals surface area contributed by atoms with Crippen molar-refractivity contribution in [3.8, 4) is 0 Å². The predicted molar refractivity (Wildman–Crippen MR) is 64.9 cm³/mol. The highest BCUT2D eigenvalue weighted by atomic mass is 19.1. The highest BCUT2D eigenvalue weighted by Crippen LogP contribution is 2.08. The van der Waals surface area contributed by atoms with Gasteiger partial charge in [-0.3, -0.25) is 9.59 Å². The summed E-state index contributed by atoms with van der Waals surface area (Å²) in [6.45, 7) is 1.43. The average molecular weight is 250 g/mol. The monoisotopic (exact) mass is 250 g/mol. The molecule has 0 unspecified atom stereocenters. The molecule has 3 nitrogen and oxygen atoms in total. The number of Topliss-reactive ketones (excluding diaryl/α,β-unsaturated/α-hetero) is 3. The molecule has 96 valence electrons. The van der Waals surface area contributed by atoms with E-state index in [1.165, 1.54) is 31.2 Å². The van der Waals surface area contributed by atoms with Gasteiger partial charge in [0.25, 0.3) is 0 Å². The van der Waals surface area contributed by atoms with Gasteiger partial charge in [-0.2, -0.15) is 0 Å². The Morgan fingerprint density at radius 2 is 1.50 bits per heavy atom. The van der Waals surface area contributed by atoms with Gasteiger partial charge in [0.2, 0.25) is 0 Å². The highest BCUT2D eigenvalue weighted by molar-refractivity contribution is 5.98. The van der Waals surface area contributed by atoms with Gasteiger partial charge in [0.1, 0.15) is 17.4 Å². The maximum atomic E-state index is 12.6. The molecule has 0 N–H and O–H groups in total. The summed E-state index contributed by atoms with van der Waals surface area (Å²) in [4.78, 5) is 33.7. The molecule has 1 aromatic carbocycles. The van der Waals surface area contributed by atoms with E-state index in [-0.39, 0.29) is 43.0 Å². The summed E-state index contributed by atoms with van der Waals surface area (Å²) in [5, 5.41) is 0. The van der Waals surface area contributed by atoms with Gasteiger partial charge in [0, 0.05) is 31.2 Å². The van der Waals surface area contributed by atoms with Gasteiger partial charge in [-0.05, 0) is 31.2 Å². The first kappa shape index (κ1) is 14.2. The molecule has 0 radical (unpaired) electrons. The minimum atomic E-state index is -0.399. The largest absolute Gasteiger partial charge is 0.300 e. The van der Waals surface area contributed by atoms with Crippen LogP contribution in [0.3, 0.4) is 0 Å². The normalized spacial score (nSPS) is 10.1. The van der Waals surface area contributed by atoms with E-state index in [4.69, 9.17) is 0 Å². The van der Waals surface area contributed by atoms with Crippen LogP contribution in [0.4, 0.5) is 4.39 Å². The fraction of sp³-hybridized carbons (Fsp3) is 0.357. The lowest BCUT2D eigenvalue weighted by molar-refractivity contribution is -0.123. The number of ketones is 3. The standard InChI is InChI=1S/C14H15FO3/c1-10(16)2-7-13(17)8-9-14(18)11-3-5-12(15)6-4-11/h3-6H,2,7-9H2,1H3. The molecule has 0 aliphatic carbocycles. The molecule has 1 rings (SSSR count). The molecular formula is C14H15FO3. The number of carbonyl (C=O) groups is 3.